The minimum Gasteiger partial charge on any atom is -0.247 e. The maximum absolute atomic E-state index is 5.47. The monoisotopic (exact) mass is 692 g/mol. The highest BCUT2D eigenvalue weighted by Crippen LogP contribution is 2.58. The first-order chi connectivity index (χ1) is 25.3. The van der Waals surface area contributed by atoms with E-state index in [0.717, 1.165) is 22.8 Å². The van der Waals surface area contributed by atoms with E-state index in [1.807, 2.05) is 0 Å². The standard InChI is InChI=1S/C51H52N2/c1-29(2)50(30(3)4)39-17-13-11-15-37(39)47-41(50)23-25-45(52-47)33-19-21-35-36-22-20-34(28-44(36)49(9,10)43(35)27-33)46-26-24-42-48(53-46)38-16-12-14-18-40(38)51(42,31(5)6)32(7)8/h11-32H,1-10H3. The first kappa shape index (κ1) is 34.0. The Bertz CT molecular complexity index is 2270. The van der Waals surface area contributed by atoms with Crippen LogP contribution in [0.25, 0.3) is 56.2 Å². The molecule has 266 valence electrons. The van der Waals surface area contributed by atoms with E-state index in [4.69, 9.17) is 9.97 Å². The molecule has 4 aromatic carbocycles. The highest BCUT2D eigenvalue weighted by molar-refractivity contribution is 5.87. The van der Waals surface area contributed by atoms with Gasteiger partial charge in [-0.2, -0.15) is 0 Å². The highest BCUT2D eigenvalue weighted by Gasteiger charge is 2.50. The van der Waals surface area contributed by atoms with Gasteiger partial charge in [0, 0.05) is 38.5 Å². The van der Waals surface area contributed by atoms with Crippen LogP contribution >= 0.6 is 0 Å². The normalized spacial score (nSPS) is 16.5. The Balaban J connectivity index is 1.11. The van der Waals surface area contributed by atoms with Gasteiger partial charge in [-0.1, -0.05) is 154 Å². The number of rotatable bonds is 6. The van der Waals surface area contributed by atoms with Gasteiger partial charge in [-0.05, 0) is 92.4 Å². The lowest BCUT2D eigenvalue weighted by Gasteiger charge is -2.40. The summed E-state index contributed by atoms with van der Waals surface area (Å²) in [6, 6.07) is 41.3. The fourth-order valence-electron chi connectivity index (χ4n) is 11.6. The molecule has 2 heterocycles. The van der Waals surface area contributed by atoms with Crippen LogP contribution in [0.3, 0.4) is 0 Å². The molecular formula is C51H52N2. The Morgan fingerprint density at radius 2 is 0.755 bits per heavy atom. The van der Waals surface area contributed by atoms with E-state index in [-0.39, 0.29) is 16.2 Å². The molecule has 9 rings (SSSR count). The summed E-state index contributed by atoms with van der Waals surface area (Å²) in [5.41, 5.74) is 20.0. The molecule has 2 nitrogen and oxygen atoms in total. The molecule has 0 bridgehead atoms. The second-order valence-electron chi connectivity index (χ2n) is 17.8. The number of fused-ring (bicyclic) bond motifs is 9. The van der Waals surface area contributed by atoms with Gasteiger partial charge in [-0.25, -0.2) is 9.97 Å². The molecule has 2 aromatic heterocycles. The molecule has 53 heavy (non-hydrogen) atoms. The lowest BCUT2D eigenvalue weighted by atomic mass is 9.63. The summed E-state index contributed by atoms with van der Waals surface area (Å²) in [4.78, 5) is 10.9. The summed E-state index contributed by atoms with van der Waals surface area (Å²) in [5.74, 6) is 1.83. The van der Waals surface area contributed by atoms with E-state index in [1.54, 1.807) is 0 Å². The predicted octanol–water partition coefficient (Wildman–Crippen LogP) is 13.3. The van der Waals surface area contributed by atoms with Crippen molar-refractivity contribution in [2.75, 3.05) is 0 Å². The van der Waals surface area contributed by atoms with Crippen molar-refractivity contribution in [2.24, 2.45) is 23.7 Å². The molecule has 3 aliphatic rings. The van der Waals surface area contributed by atoms with Gasteiger partial charge in [-0.3, -0.25) is 0 Å². The fraction of sp³-hybridized carbons (Fsp3) is 0.333. The first-order valence-electron chi connectivity index (χ1n) is 19.9. The van der Waals surface area contributed by atoms with Gasteiger partial charge in [0.25, 0.3) is 0 Å². The van der Waals surface area contributed by atoms with E-state index in [1.165, 1.54) is 66.8 Å². The summed E-state index contributed by atoms with van der Waals surface area (Å²) in [6.45, 7) is 23.7. The Hall–Kier alpha value is -4.82. The molecule has 2 heteroatoms. The Kier molecular flexibility index (Phi) is 7.43. The van der Waals surface area contributed by atoms with Crippen molar-refractivity contribution in [3.63, 3.8) is 0 Å². The van der Waals surface area contributed by atoms with Gasteiger partial charge in [0.15, 0.2) is 0 Å². The lowest BCUT2D eigenvalue weighted by Crippen LogP contribution is -2.37. The van der Waals surface area contributed by atoms with Crippen molar-refractivity contribution >= 4 is 0 Å². The molecule has 0 unspecified atom stereocenters. The van der Waals surface area contributed by atoms with Crippen LogP contribution in [0.4, 0.5) is 0 Å². The second-order valence-corrected chi connectivity index (χ2v) is 17.8. The summed E-state index contributed by atoms with van der Waals surface area (Å²) in [6.07, 6.45) is 0. The maximum atomic E-state index is 5.47. The van der Waals surface area contributed by atoms with Crippen molar-refractivity contribution < 1.29 is 0 Å². The van der Waals surface area contributed by atoms with Crippen LogP contribution < -0.4 is 0 Å². The van der Waals surface area contributed by atoms with Gasteiger partial charge in [0.1, 0.15) is 0 Å². The van der Waals surface area contributed by atoms with Crippen LogP contribution in [-0.2, 0) is 16.2 Å². The molecule has 0 aliphatic heterocycles. The summed E-state index contributed by atoms with van der Waals surface area (Å²) < 4.78 is 0. The molecule has 0 radical (unpaired) electrons. The zero-order valence-electron chi connectivity index (χ0n) is 33.1. The van der Waals surface area contributed by atoms with Crippen molar-refractivity contribution in [2.45, 2.75) is 85.5 Å². The van der Waals surface area contributed by atoms with Crippen LogP contribution in [0.15, 0.2) is 109 Å². The SMILES string of the molecule is CC(C)C1(C(C)C)c2ccccc2-c2nc(-c3ccc4c(c3)C(C)(C)c3cc(-c5ccc6c(n5)-c5ccccc5C6(C(C)C)C(C)C)ccc3-4)ccc21. The van der Waals surface area contributed by atoms with Crippen molar-refractivity contribution in [3.8, 4) is 56.2 Å². The molecule has 0 saturated carbocycles. The number of nitrogens with zero attached hydrogens (tertiary/aromatic N) is 2. The van der Waals surface area contributed by atoms with Gasteiger partial charge in [0.2, 0.25) is 0 Å². The molecular weight excluding hydrogens is 641 g/mol. The molecule has 6 aromatic rings. The Morgan fingerprint density at radius 1 is 0.377 bits per heavy atom. The largest absolute Gasteiger partial charge is 0.247 e. The predicted molar refractivity (Wildman–Crippen MR) is 222 cm³/mol. The summed E-state index contributed by atoms with van der Waals surface area (Å²) in [7, 11) is 0. The Morgan fingerprint density at radius 3 is 1.13 bits per heavy atom. The van der Waals surface area contributed by atoms with Crippen LogP contribution in [0.1, 0.15) is 103 Å². The minimum atomic E-state index is -0.168. The van der Waals surface area contributed by atoms with Gasteiger partial charge >= 0.3 is 0 Å². The molecule has 0 fully saturated rings. The number of hydrogen-bond donors (Lipinski definition) is 0. The van der Waals surface area contributed by atoms with E-state index < -0.39 is 0 Å². The number of benzene rings is 4. The minimum absolute atomic E-state index is 0.0419. The van der Waals surface area contributed by atoms with E-state index in [2.05, 4.69) is 178 Å². The fourth-order valence-corrected chi connectivity index (χ4v) is 11.6. The quantitative estimate of drug-likeness (QED) is 0.174. The number of aromatic nitrogens is 2. The topological polar surface area (TPSA) is 25.8 Å². The second kappa shape index (κ2) is 11.6. The molecule has 3 aliphatic carbocycles. The third kappa shape index (κ3) is 4.33. The maximum Gasteiger partial charge on any atom is 0.0753 e. The number of pyridine rings is 2. The Labute approximate surface area is 316 Å². The third-order valence-corrected chi connectivity index (χ3v) is 13.8. The average Bonchev–Trinajstić information content (AvgIpc) is 3.71. The molecule has 0 saturated heterocycles. The van der Waals surface area contributed by atoms with Crippen LogP contribution in [0, 0.1) is 23.7 Å². The third-order valence-electron chi connectivity index (χ3n) is 13.8. The molecule has 0 atom stereocenters. The van der Waals surface area contributed by atoms with E-state index in [9.17, 15) is 0 Å². The summed E-state index contributed by atoms with van der Waals surface area (Å²) >= 11 is 0. The zero-order valence-corrected chi connectivity index (χ0v) is 33.1. The van der Waals surface area contributed by atoms with E-state index in [0.29, 0.717) is 23.7 Å². The van der Waals surface area contributed by atoms with Gasteiger partial charge < -0.3 is 0 Å². The lowest BCUT2D eigenvalue weighted by molar-refractivity contribution is 0.280. The highest BCUT2D eigenvalue weighted by atomic mass is 14.8. The van der Waals surface area contributed by atoms with Crippen LogP contribution in [0.5, 0.6) is 0 Å². The van der Waals surface area contributed by atoms with E-state index >= 15 is 0 Å². The van der Waals surface area contributed by atoms with Crippen molar-refractivity contribution in [1.29, 1.82) is 0 Å². The first-order valence-corrected chi connectivity index (χ1v) is 19.9. The smallest absolute Gasteiger partial charge is 0.0753 e. The zero-order chi connectivity index (χ0) is 37.2. The molecule has 0 spiro atoms. The van der Waals surface area contributed by atoms with Crippen LogP contribution in [0.2, 0.25) is 0 Å². The molecule has 0 amide bonds. The van der Waals surface area contributed by atoms with Crippen molar-refractivity contribution in [3.05, 3.63) is 143 Å². The summed E-state index contributed by atoms with van der Waals surface area (Å²) in [5, 5.41) is 0. The average molecular weight is 693 g/mol. The van der Waals surface area contributed by atoms with Gasteiger partial charge in [0.05, 0.1) is 22.8 Å². The van der Waals surface area contributed by atoms with Crippen LogP contribution in [-0.4, -0.2) is 9.97 Å². The number of hydrogen-bond acceptors (Lipinski definition) is 2. The van der Waals surface area contributed by atoms with Gasteiger partial charge in [-0.15, -0.1) is 0 Å². The van der Waals surface area contributed by atoms with Crippen molar-refractivity contribution in [1.82, 2.24) is 9.97 Å². The molecule has 0 N–H and O–H groups in total.